The SMILES string of the molecule is O=C(NCCOc1ccc(-c2ccccc2)nn1)c1ccc2ccccc2c1. The number of hydrogen-bond donors (Lipinski definition) is 1. The van der Waals surface area contributed by atoms with E-state index < -0.39 is 0 Å². The fourth-order valence-corrected chi connectivity index (χ4v) is 2.91. The zero-order valence-electron chi connectivity index (χ0n) is 15.2. The van der Waals surface area contributed by atoms with Gasteiger partial charge in [-0.25, -0.2) is 0 Å². The molecule has 4 rings (SSSR count). The lowest BCUT2D eigenvalue weighted by molar-refractivity contribution is 0.0946. The van der Waals surface area contributed by atoms with Crippen molar-refractivity contribution >= 4 is 16.7 Å². The summed E-state index contributed by atoms with van der Waals surface area (Å²) in [5.74, 6) is 0.305. The minimum absolute atomic E-state index is 0.125. The Morgan fingerprint density at radius 3 is 2.39 bits per heavy atom. The van der Waals surface area contributed by atoms with E-state index in [9.17, 15) is 4.79 Å². The maximum Gasteiger partial charge on any atom is 0.251 e. The van der Waals surface area contributed by atoms with Gasteiger partial charge >= 0.3 is 0 Å². The van der Waals surface area contributed by atoms with E-state index in [0.29, 0.717) is 24.6 Å². The molecular formula is C23H19N3O2. The molecule has 0 aliphatic rings. The third kappa shape index (κ3) is 4.15. The number of ether oxygens (including phenoxy) is 1. The fraction of sp³-hybridized carbons (Fsp3) is 0.0870. The van der Waals surface area contributed by atoms with Crippen LogP contribution in [0.5, 0.6) is 5.88 Å². The van der Waals surface area contributed by atoms with Crippen LogP contribution in [0, 0.1) is 0 Å². The molecule has 138 valence electrons. The number of nitrogens with zero attached hydrogens (tertiary/aromatic N) is 2. The molecule has 0 atom stereocenters. The highest BCUT2D eigenvalue weighted by Gasteiger charge is 2.06. The van der Waals surface area contributed by atoms with E-state index in [4.69, 9.17) is 4.74 Å². The average molecular weight is 369 g/mol. The molecule has 1 heterocycles. The quantitative estimate of drug-likeness (QED) is 0.520. The van der Waals surface area contributed by atoms with E-state index in [0.717, 1.165) is 22.0 Å². The van der Waals surface area contributed by atoms with Gasteiger partial charge < -0.3 is 10.1 Å². The number of aromatic nitrogens is 2. The molecular weight excluding hydrogens is 350 g/mol. The summed E-state index contributed by atoms with van der Waals surface area (Å²) in [5, 5.41) is 13.3. The normalized spacial score (nSPS) is 10.6. The standard InChI is InChI=1S/C23H19N3O2/c27-23(20-11-10-17-6-4-5-9-19(17)16-20)24-14-15-28-22-13-12-21(25-26-22)18-7-2-1-3-8-18/h1-13,16H,14-15H2,(H,24,27). The molecule has 0 saturated heterocycles. The first-order valence-corrected chi connectivity index (χ1v) is 9.08. The summed E-state index contributed by atoms with van der Waals surface area (Å²) in [5.41, 5.74) is 2.42. The Morgan fingerprint density at radius 1 is 0.821 bits per heavy atom. The number of hydrogen-bond acceptors (Lipinski definition) is 4. The summed E-state index contributed by atoms with van der Waals surface area (Å²) < 4.78 is 5.57. The Bertz CT molecular complexity index is 1080. The number of amides is 1. The zero-order chi connectivity index (χ0) is 19.2. The van der Waals surface area contributed by atoms with E-state index in [1.807, 2.05) is 78.9 Å². The average Bonchev–Trinajstić information content (AvgIpc) is 2.77. The highest BCUT2D eigenvalue weighted by molar-refractivity contribution is 5.98. The minimum Gasteiger partial charge on any atom is -0.475 e. The number of nitrogens with one attached hydrogen (secondary N) is 1. The molecule has 5 nitrogen and oxygen atoms in total. The van der Waals surface area contributed by atoms with Crippen molar-refractivity contribution in [1.82, 2.24) is 15.5 Å². The first-order valence-electron chi connectivity index (χ1n) is 9.08. The van der Waals surface area contributed by atoms with Crippen LogP contribution in [0.4, 0.5) is 0 Å². The van der Waals surface area contributed by atoms with E-state index in [1.54, 1.807) is 6.07 Å². The molecule has 0 aliphatic heterocycles. The highest BCUT2D eigenvalue weighted by Crippen LogP contribution is 2.17. The lowest BCUT2D eigenvalue weighted by Crippen LogP contribution is -2.28. The van der Waals surface area contributed by atoms with E-state index in [-0.39, 0.29) is 5.91 Å². The van der Waals surface area contributed by atoms with E-state index in [1.165, 1.54) is 0 Å². The molecule has 1 amide bonds. The number of benzene rings is 3. The Kier molecular flexibility index (Phi) is 5.24. The number of carbonyl (C=O) groups is 1. The van der Waals surface area contributed by atoms with Crippen molar-refractivity contribution in [2.75, 3.05) is 13.2 Å². The molecule has 28 heavy (non-hydrogen) atoms. The van der Waals surface area contributed by atoms with Crippen LogP contribution in [0.25, 0.3) is 22.0 Å². The molecule has 0 spiro atoms. The van der Waals surface area contributed by atoms with Crippen LogP contribution >= 0.6 is 0 Å². The number of rotatable bonds is 6. The molecule has 0 saturated carbocycles. The summed E-state index contributed by atoms with van der Waals surface area (Å²) in [7, 11) is 0. The molecule has 1 aromatic heterocycles. The topological polar surface area (TPSA) is 64.1 Å². The van der Waals surface area contributed by atoms with Crippen molar-refractivity contribution in [2.24, 2.45) is 0 Å². The van der Waals surface area contributed by atoms with Gasteiger partial charge in [0.2, 0.25) is 5.88 Å². The summed E-state index contributed by atoms with van der Waals surface area (Å²) in [6.07, 6.45) is 0. The van der Waals surface area contributed by atoms with Crippen LogP contribution in [-0.2, 0) is 0 Å². The van der Waals surface area contributed by atoms with E-state index in [2.05, 4.69) is 15.5 Å². The van der Waals surface area contributed by atoms with Gasteiger partial charge in [-0.2, -0.15) is 0 Å². The van der Waals surface area contributed by atoms with Gasteiger partial charge in [0.05, 0.1) is 12.2 Å². The smallest absolute Gasteiger partial charge is 0.251 e. The summed E-state index contributed by atoms with van der Waals surface area (Å²) >= 11 is 0. The van der Waals surface area contributed by atoms with Crippen LogP contribution in [0.2, 0.25) is 0 Å². The van der Waals surface area contributed by atoms with Crippen molar-refractivity contribution in [3.05, 3.63) is 90.5 Å². The summed E-state index contributed by atoms with van der Waals surface area (Å²) in [4.78, 5) is 12.3. The predicted octanol–water partition coefficient (Wildman–Crippen LogP) is 4.11. The number of carbonyl (C=O) groups excluding carboxylic acids is 1. The zero-order valence-corrected chi connectivity index (χ0v) is 15.2. The van der Waals surface area contributed by atoms with Crippen LogP contribution in [0.1, 0.15) is 10.4 Å². The second-order valence-electron chi connectivity index (χ2n) is 6.29. The lowest BCUT2D eigenvalue weighted by atomic mass is 10.1. The van der Waals surface area contributed by atoms with Gasteiger partial charge in [0.25, 0.3) is 5.91 Å². The van der Waals surface area contributed by atoms with Crippen molar-refractivity contribution in [3.63, 3.8) is 0 Å². The minimum atomic E-state index is -0.125. The summed E-state index contributed by atoms with van der Waals surface area (Å²) in [6.45, 7) is 0.701. The van der Waals surface area contributed by atoms with Gasteiger partial charge in [-0.3, -0.25) is 4.79 Å². The molecule has 0 fully saturated rings. The predicted molar refractivity (Wildman–Crippen MR) is 109 cm³/mol. The maximum absolute atomic E-state index is 12.3. The van der Waals surface area contributed by atoms with Gasteiger partial charge in [-0.15, -0.1) is 10.2 Å². The van der Waals surface area contributed by atoms with Crippen LogP contribution in [0.3, 0.4) is 0 Å². The van der Waals surface area contributed by atoms with Gasteiger partial charge in [0.15, 0.2) is 0 Å². The van der Waals surface area contributed by atoms with E-state index >= 15 is 0 Å². The third-order valence-corrected chi connectivity index (χ3v) is 4.36. The second-order valence-corrected chi connectivity index (χ2v) is 6.29. The van der Waals surface area contributed by atoms with Crippen molar-refractivity contribution < 1.29 is 9.53 Å². The van der Waals surface area contributed by atoms with Gasteiger partial charge in [-0.1, -0.05) is 60.7 Å². The molecule has 0 bridgehead atoms. The second kappa shape index (κ2) is 8.31. The van der Waals surface area contributed by atoms with Gasteiger partial charge in [0, 0.05) is 17.2 Å². The van der Waals surface area contributed by atoms with Crippen LogP contribution < -0.4 is 10.1 Å². The molecule has 0 unspecified atom stereocenters. The lowest BCUT2D eigenvalue weighted by Gasteiger charge is -2.08. The van der Waals surface area contributed by atoms with Crippen LogP contribution in [0.15, 0.2) is 84.9 Å². The Morgan fingerprint density at radius 2 is 1.61 bits per heavy atom. The molecule has 0 aliphatic carbocycles. The van der Waals surface area contributed by atoms with Crippen molar-refractivity contribution in [3.8, 4) is 17.1 Å². The van der Waals surface area contributed by atoms with Crippen LogP contribution in [-0.4, -0.2) is 29.3 Å². The van der Waals surface area contributed by atoms with Crippen molar-refractivity contribution in [2.45, 2.75) is 0 Å². The Labute approximate surface area is 163 Å². The van der Waals surface area contributed by atoms with Crippen molar-refractivity contribution in [1.29, 1.82) is 0 Å². The Balaban J connectivity index is 1.28. The molecule has 0 radical (unpaired) electrons. The third-order valence-electron chi connectivity index (χ3n) is 4.36. The highest BCUT2D eigenvalue weighted by atomic mass is 16.5. The maximum atomic E-state index is 12.3. The molecule has 5 heteroatoms. The monoisotopic (exact) mass is 369 g/mol. The first kappa shape index (κ1) is 17.7. The molecule has 3 aromatic carbocycles. The molecule has 1 N–H and O–H groups in total. The largest absolute Gasteiger partial charge is 0.475 e. The summed E-state index contributed by atoms with van der Waals surface area (Å²) in [6, 6.07) is 27.1. The fourth-order valence-electron chi connectivity index (χ4n) is 2.91. The molecule has 4 aromatic rings. The number of fused-ring (bicyclic) bond motifs is 1. The van der Waals surface area contributed by atoms with Gasteiger partial charge in [0.1, 0.15) is 6.61 Å². The Hall–Kier alpha value is -3.73. The van der Waals surface area contributed by atoms with Gasteiger partial charge in [-0.05, 0) is 29.0 Å². The first-order chi connectivity index (χ1) is 13.8.